The second kappa shape index (κ2) is 13.5. The van der Waals surface area contributed by atoms with Crippen molar-refractivity contribution >= 4 is 11.6 Å². The van der Waals surface area contributed by atoms with Crippen LogP contribution in [0.25, 0.3) is 0 Å². The topological polar surface area (TPSA) is 41.5 Å². The highest BCUT2D eigenvalue weighted by Gasteiger charge is 2.45. The predicted octanol–water partition coefficient (Wildman–Crippen LogP) is 9.09. The molecular weight excluding hydrogens is 476 g/mol. The minimum atomic E-state index is -0.00437. The van der Waals surface area contributed by atoms with E-state index in [2.05, 4.69) is 88.5 Å². The number of nitrogens with one attached hydrogen (secondary N) is 1. The fourth-order valence-electron chi connectivity index (χ4n) is 7.34. The Kier molecular flexibility index (Phi) is 10.3. The zero-order valence-corrected chi connectivity index (χ0v) is 25.5. The van der Waals surface area contributed by atoms with E-state index >= 15 is 0 Å². The van der Waals surface area contributed by atoms with Crippen LogP contribution in [0.4, 0.5) is 0 Å². The molecule has 0 radical (unpaired) electrons. The summed E-state index contributed by atoms with van der Waals surface area (Å²) in [5.41, 5.74) is 4.52. The van der Waals surface area contributed by atoms with Crippen molar-refractivity contribution in [3.8, 4) is 0 Å². The SMILES string of the molecule is CCCCCNC(=O)C1C=CC(CCC2CCC(c3ccccc3)=NC3(CCC(C(C)(C)C)CC3)C2C)=CC1. The Balaban J connectivity index is 1.40. The fraction of sp³-hybridized carbons (Fsp3) is 0.667. The number of aliphatic imine (C=N–C) groups is 1. The van der Waals surface area contributed by atoms with E-state index in [0.717, 1.165) is 38.1 Å². The van der Waals surface area contributed by atoms with Gasteiger partial charge < -0.3 is 5.32 Å². The predicted molar refractivity (Wildman–Crippen MR) is 166 cm³/mol. The summed E-state index contributed by atoms with van der Waals surface area (Å²) in [5, 5.41) is 3.13. The summed E-state index contributed by atoms with van der Waals surface area (Å²) in [6.07, 6.45) is 20.6. The highest BCUT2D eigenvalue weighted by atomic mass is 16.1. The van der Waals surface area contributed by atoms with Gasteiger partial charge in [0.2, 0.25) is 5.91 Å². The maximum Gasteiger partial charge on any atom is 0.227 e. The smallest absolute Gasteiger partial charge is 0.227 e. The standard InChI is InChI=1S/C36H54N2O/c1-6-7-11-26-37-34(39)31-18-15-28(16-19-31)14-17-29-20-21-33(30-12-9-8-10-13-30)38-36(27(29)2)24-22-32(23-25-36)35(3,4)5/h8-10,12-13,15-16,18,27,29,31-32H,6-7,11,14,17,19-26H2,1-5H3,(H,37,39). The first kappa shape index (κ1) is 29.8. The Morgan fingerprint density at radius 2 is 1.82 bits per heavy atom. The van der Waals surface area contributed by atoms with Gasteiger partial charge in [-0.05, 0) is 92.9 Å². The molecule has 3 heteroatoms. The second-order valence-electron chi connectivity index (χ2n) is 13.8. The number of unbranched alkanes of at least 4 members (excludes halogenated alkanes) is 2. The fourth-order valence-corrected chi connectivity index (χ4v) is 7.34. The van der Waals surface area contributed by atoms with Crippen molar-refractivity contribution in [3.05, 3.63) is 59.7 Å². The molecule has 0 saturated heterocycles. The van der Waals surface area contributed by atoms with E-state index in [4.69, 9.17) is 4.99 Å². The van der Waals surface area contributed by atoms with Gasteiger partial charge >= 0.3 is 0 Å². The molecule has 1 saturated carbocycles. The third kappa shape index (κ3) is 7.74. The number of amides is 1. The van der Waals surface area contributed by atoms with E-state index in [9.17, 15) is 4.79 Å². The first-order valence-corrected chi connectivity index (χ1v) is 16.0. The lowest BCUT2D eigenvalue weighted by Crippen LogP contribution is -2.43. The maximum atomic E-state index is 12.6. The zero-order valence-electron chi connectivity index (χ0n) is 25.5. The van der Waals surface area contributed by atoms with Crippen LogP contribution in [0.2, 0.25) is 0 Å². The quantitative estimate of drug-likeness (QED) is 0.318. The van der Waals surface area contributed by atoms with Gasteiger partial charge in [0.05, 0.1) is 11.5 Å². The van der Waals surface area contributed by atoms with Gasteiger partial charge in [-0.1, -0.05) is 102 Å². The number of carbonyl (C=O) groups is 1. The van der Waals surface area contributed by atoms with Crippen molar-refractivity contribution in [2.75, 3.05) is 6.54 Å². The molecule has 214 valence electrons. The Hall–Kier alpha value is -2.16. The van der Waals surface area contributed by atoms with Gasteiger partial charge in [-0.25, -0.2) is 0 Å². The molecule has 1 aromatic carbocycles. The number of benzene rings is 1. The molecule has 2 aliphatic carbocycles. The lowest BCUT2D eigenvalue weighted by molar-refractivity contribution is -0.123. The van der Waals surface area contributed by atoms with E-state index in [1.54, 1.807) is 0 Å². The minimum absolute atomic E-state index is 0.00437. The van der Waals surface area contributed by atoms with Gasteiger partial charge in [0.1, 0.15) is 0 Å². The first-order valence-electron chi connectivity index (χ1n) is 16.0. The van der Waals surface area contributed by atoms with Crippen LogP contribution in [0.1, 0.15) is 117 Å². The van der Waals surface area contributed by atoms with Crippen LogP contribution in [0.3, 0.4) is 0 Å². The summed E-state index contributed by atoms with van der Waals surface area (Å²) >= 11 is 0. The molecule has 4 rings (SSSR count). The molecule has 3 aliphatic rings. The third-order valence-electron chi connectivity index (χ3n) is 10.2. The van der Waals surface area contributed by atoms with E-state index in [-0.39, 0.29) is 17.4 Å². The average Bonchev–Trinajstić information content (AvgIpc) is 3.07. The molecule has 1 N–H and O–H groups in total. The Labute approximate surface area is 239 Å². The van der Waals surface area contributed by atoms with Crippen molar-refractivity contribution < 1.29 is 4.79 Å². The van der Waals surface area contributed by atoms with Gasteiger partial charge in [-0.15, -0.1) is 0 Å². The van der Waals surface area contributed by atoms with E-state index in [0.29, 0.717) is 17.3 Å². The number of allylic oxidation sites excluding steroid dienone is 3. The number of rotatable bonds is 9. The van der Waals surface area contributed by atoms with Crippen LogP contribution in [0.5, 0.6) is 0 Å². The normalized spacial score (nSPS) is 29.5. The zero-order chi connectivity index (χ0) is 27.9. The van der Waals surface area contributed by atoms with Crippen molar-refractivity contribution in [1.29, 1.82) is 0 Å². The lowest BCUT2D eigenvalue weighted by Gasteiger charge is -2.46. The molecular formula is C36H54N2O. The second-order valence-corrected chi connectivity index (χ2v) is 13.8. The van der Waals surface area contributed by atoms with Crippen molar-refractivity contribution in [3.63, 3.8) is 0 Å². The Bertz CT molecular complexity index is 1020. The Morgan fingerprint density at radius 3 is 2.46 bits per heavy atom. The molecule has 1 heterocycles. The lowest BCUT2D eigenvalue weighted by atomic mass is 9.62. The van der Waals surface area contributed by atoms with Crippen LogP contribution in [0, 0.1) is 29.1 Å². The molecule has 3 unspecified atom stereocenters. The van der Waals surface area contributed by atoms with E-state index in [1.165, 1.54) is 68.2 Å². The first-order chi connectivity index (χ1) is 18.7. The highest BCUT2D eigenvalue weighted by molar-refractivity contribution is 6.01. The summed E-state index contributed by atoms with van der Waals surface area (Å²) in [5.74, 6) is 2.25. The number of carbonyl (C=O) groups excluding carboxylic acids is 1. The van der Waals surface area contributed by atoms with Gasteiger partial charge in [-0.3, -0.25) is 9.79 Å². The molecule has 1 aliphatic heterocycles. The maximum absolute atomic E-state index is 12.6. The van der Waals surface area contributed by atoms with Gasteiger partial charge in [0.15, 0.2) is 0 Å². The summed E-state index contributed by atoms with van der Waals surface area (Å²) in [7, 11) is 0. The summed E-state index contributed by atoms with van der Waals surface area (Å²) in [6, 6.07) is 10.9. The Morgan fingerprint density at radius 1 is 1.08 bits per heavy atom. The number of nitrogens with zero attached hydrogens (tertiary/aromatic N) is 1. The van der Waals surface area contributed by atoms with Gasteiger partial charge in [0.25, 0.3) is 0 Å². The monoisotopic (exact) mass is 530 g/mol. The van der Waals surface area contributed by atoms with Crippen molar-refractivity contribution in [2.24, 2.45) is 34.1 Å². The van der Waals surface area contributed by atoms with Crippen LogP contribution < -0.4 is 5.32 Å². The number of hydrogen-bond donors (Lipinski definition) is 1. The van der Waals surface area contributed by atoms with Gasteiger partial charge in [0, 0.05) is 12.3 Å². The molecule has 0 bridgehead atoms. The van der Waals surface area contributed by atoms with E-state index in [1.807, 2.05) is 0 Å². The average molecular weight is 531 g/mol. The van der Waals surface area contributed by atoms with Gasteiger partial charge in [-0.2, -0.15) is 0 Å². The molecule has 1 spiro atoms. The molecule has 1 amide bonds. The molecule has 3 nitrogen and oxygen atoms in total. The van der Waals surface area contributed by atoms with E-state index < -0.39 is 0 Å². The van der Waals surface area contributed by atoms with Crippen LogP contribution in [0.15, 0.2) is 59.1 Å². The van der Waals surface area contributed by atoms with Crippen LogP contribution in [-0.2, 0) is 4.79 Å². The summed E-state index contributed by atoms with van der Waals surface area (Å²) in [6.45, 7) is 12.8. The van der Waals surface area contributed by atoms with Crippen molar-refractivity contribution in [2.45, 2.75) is 117 Å². The molecule has 1 aromatic rings. The third-order valence-corrected chi connectivity index (χ3v) is 10.2. The summed E-state index contributed by atoms with van der Waals surface area (Å²) < 4.78 is 0. The number of hydrogen-bond acceptors (Lipinski definition) is 2. The molecule has 3 atom stereocenters. The molecule has 0 aromatic heterocycles. The summed E-state index contributed by atoms with van der Waals surface area (Å²) in [4.78, 5) is 18.2. The molecule has 1 fully saturated rings. The minimum Gasteiger partial charge on any atom is -0.356 e. The highest BCUT2D eigenvalue weighted by Crippen LogP contribution is 2.50. The molecule has 39 heavy (non-hydrogen) atoms. The van der Waals surface area contributed by atoms with Crippen LogP contribution >= 0.6 is 0 Å². The van der Waals surface area contributed by atoms with Crippen molar-refractivity contribution in [1.82, 2.24) is 5.32 Å². The largest absolute Gasteiger partial charge is 0.356 e. The van der Waals surface area contributed by atoms with Crippen LogP contribution in [-0.4, -0.2) is 23.7 Å².